The van der Waals surface area contributed by atoms with E-state index in [4.69, 9.17) is 4.74 Å². The minimum Gasteiger partial charge on any atom is -0.485 e. The first kappa shape index (κ1) is 22.1. The Hall–Kier alpha value is -2.11. The van der Waals surface area contributed by atoms with Gasteiger partial charge in [-0.05, 0) is 76.7 Å². The molecule has 0 aliphatic heterocycles. The van der Waals surface area contributed by atoms with Crippen molar-refractivity contribution in [3.05, 3.63) is 69.1 Å². The average Bonchev–Trinajstić information content (AvgIpc) is 3.21. The minimum atomic E-state index is -4.44. The molecule has 31 heavy (non-hydrogen) atoms. The SMILES string of the molecule is O=S(=O)(Nc1nccs1)c1ccc2c(c1)CCCC2Oc1ccc(C(F)(F)F)cc1Br. The van der Waals surface area contributed by atoms with Crippen molar-refractivity contribution in [2.45, 2.75) is 36.4 Å². The third-order valence-corrected chi connectivity index (χ3v) is 7.64. The lowest BCUT2D eigenvalue weighted by molar-refractivity contribution is -0.137. The first-order chi connectivity index (χ1) is 14.6. The number of rotatable bonds is 5. The number of halogens is 4. The lowest BCUT2D eigenvalue weighted by Crippen LogP contribution is -2.18. The van der Waals surface area contributed by atoms with Gasteiger partial charge in [0.25, 0.3) is 10.0 Å². The summed E-state index contributed by atoms with van der Waals surface area (Å²) in [6.07, 6.45) is -1.20. The van der Waals surface area contributed by atoms with Crippen molar-refractivity contribution < 1.29 is 26.3 Å². The van der Waals surface area contributed by atoms with Crippen LogP contribution in [0.4, 0.5) is 18.3 Å². The summed E-state index contributed by atoms with van der Waals surface area (Å²) < 4.78 is 72.6. The van der Waals surface area contributed by atoms with Gasteiger partial charge in [0.05, 0.1) is 14.9 Å². The van der Waals surface area contributed by atoms with Crippen molar-refractivity contribution in [1.29, 1.82) is 0 Å². The molecule has 1 aliphatic carbocycles. The second-order valence-corrected chi connectivity index (χ2v) is 10.4. The van der Waals surface area contributed by atoms with Crippen LogP contribution in [0.15, 0.2) is 57.3 Å². The third-order valence-electron chi connectivity index (χ3n) is 4.87. The number of anilines is 1. The van der Waals surface area contributed by atoms with Crippen LogP contribution in [0.5, 0.6) is 5.75 Å². The molecule has 0 amide bonds. The Morgan fingerprint density at radius 1 is 1.19 bits per heavy atom. The molecule has 1 heterocycles. The molecule has 1 N–H and O–H groups in total. The number of nitrogens with one attached hydrogen (secondary N) is 1. The first-order valence-electron chi connectivity index (χ1n) is 9.22. The maximum absolute atomic E-state index is 12.9. The third kappa shape index (κ3) is 4.88. The van der Waals surface area contributed by atoms with Crippen molar-refractivity contribution in [1.82, 2.24) is 4.98 Å². The predicted molar refractivity (Wildman–Crippen MR) is 115 cm³/mol. The fourth-order valence-corrected chi connectivity index (χ4v) is 5.72. The van der Waals surface area contributed by atoms with E-state index in [0.29, 0.717) is 18.6 Å². The lowest BCUT2D eigenvalue weighted by atomic mass is 9.89. The number of hydrogen-bond donors (Lipinski definition) is 1. The monoisotopic (exact) mass is 532 g/mol. The Balaban J connectivity index is 1.58. The van der Waals surface area contributed by atoms with E-state index in [-0.39, 0.29) is 20.6 Å². The lowest BCUT2D eigenvalue weighted by Gasteiger charge is -2.27. The number of nitrogens with zero attached hydrogens (tertiary/aromatic N) is 1. The Morgan fingerprint density at radius 2 is 2.00 bits per heavy atom. The molecule has 0 saturated carbocycles. The highest BCUT2D eigenvalue weighted by atomic mass is 79.9. The van der Waals surface area contributed by atoms with Crippen LogP contribution < -0.4 is 9.46 Å². The highest BCUT2D eigenvalue weighted by Crippen LogP contribution is 2.39. The molecule has 0 fully saturated rings. The summed E-state index contributed by atoms with van der Waals surface area (Å²) in [4.78, 5) is 4.06. The normalized spacial score (nSPS) is 16.6. The van der Waals surface area contributed by atoms with Crippen molar-refractivity contribution in [3.63, 3.8) is 0 Å². The van der Waals surface area contributed by atoms with E-state index in [9.17, 15) is 21.6 Å². The van der Waals surface area contributed by atoms with Gasteiger partial charge in [-0.15, -0.1) is 11.3 Å². The van der Waals surface area contributed by atoms with Gasteiger partial charge in [0, 0.05) is 11.6 Å². The van der Waals surface area contributed by atoms with Gasteiger partial charge >= 0.3 is 6.18 Å². The molecule has 11 heteroatoms. The van der Waals surface area contributed by atoms with Gasteiger partial charge < -0.3 is 4.74 Å². The van der Waals surface area contributed by atoms with E-state index in [1.807, 2.05) is 0 Å². The highest BCUT2D eigenvalue weighted by molar-refractivity contribution is 9.10. The second-order valence-electron chi connectivity index (χ2n) is 6.95. The molecule has 2 aromatic carbocycles. The summed E-state index contributed by atoms with van der Waals surface area (Å²) in [6.45, 7) is 0. The zero-order chi connectivity index (χ0) is 22.2. The number of aromatic nitrogens is 1. The summed E-state index contributed by atoms with van der Waals surface area (Å²) in [5.74, 6) is 0.299. The van der Waals surface area contributed by atoms with Crippen LogP contribution in [0, 0.1) is 0 Å². The summed E-state index contributed by atoms with van der Waals surface area (Å²) >= 11 is 4.34. The van der Waals surface area contributed by atoms with E-state index in [0.717, 1.165) is 29.7 Å². The standard InChI is InChI=1S/C20H16BrF3N2O3S2/c21-16-11-13(20(22,23)24)4-7-18(16)29-17-3-1-2-12-10-14(5-6-15(12)17)31(27,28)26-19-25-8-9-30-19/h4-11,17H,1-3H2,(H,25,26). The molecule has 0 saturated heterocycles. The van der Waals surface area contributed by atoms with E-state index in [1.165, 1.54) is 29.7 Å². The van der Waals surface area contributed by atoms with E-state index >= 15 is 0 Å². The van der Waals surface area contributed by atoms with Gasteiger partial charge in [-0.1, -0.05) is 6.07 Å². The molecule has 3 aromatic rings. The zero-order valence-corrected chi connectivity index (χ0v) is 19.0. The van der Waals surface area contributed by atoms with Gasteiger partial charge in [-0.3, -0.25) is 4.72 Å². The van der Waals surface area contributed by atoms with E-state index < -0.39 is 21.8 Å². The number of benzene rings is 2. The van der Waals surface area contributed by atoms with E-state index in [1.54, 1.807) is 17.5 Å². The number of fused-ring (bicyclic) bond motifs is 1. The Labute approximate surface area is 189 Å². The molecule has 0 spiro atoms. The molecule has 1 atom stereocenters. The van der Waals surface area contributed by atoms with Crippen LogP contribution in [0.1, 0.15) is 35.6 Å². The molecule has 0 radical (unpaired) electrons. The number of hydrogen-bond acceptors (Lipinski definition) is 5. The molecule has 5 nitrogen and oxygen atoms in total. The van der Waals surface area contributed by atoms with E-state index in [2.05, 4.69) is 25.6 Å². The van der Waals surface area contributed by atoms with Crippen LogP contribution in [-0.2, 0) is 22.6 Å². The Kier molecular flexibility index (Phi) is 6.01. The molecular weight excluding hydrogens is 517 g/mol. The van der Waals surface area contributed by atoms with Crippen molar-refractivity contribution >= 4 is 42.4 Å². The molecular formula is C20H16BrF3N2O3S2. The molecule has 1 unspecified atom stereocenters. The summed E-state index contributed by atoms with van der Waals surface area (Å²) in [5.41, 5.74) is 0.894. The van der Waals surface area contributed by atoms with Crippen LogP contribution >= 0.6 is 27.3 Å². The van der Waals surface area contributed by atoms with Crippen LogP contribution in [0.25, 0.3) is 0 Å². The Morgan fingerprint density at radius 3 is 2.68 bits per heavy atom. The maximum atomic E-state index is 12.9. The highest BCUT2D eigenvalue weighted by Gasteiger charge is 2.31. The van der Waals surface area contributed by atoms with Crippen LogP contribution in [-0.4, -0.2) is 13.4 Å². The van der Waals surface area contributed by atoms with Gasteiger partial charge in [0.1, 0.15) is 11.9 Å². The summed E-state index contributed by atoms with van der Waals surface area (Å²) in [7, 11) is -3.78. The predicted octanol–water partition coefficient (Wildman–Crippen LogP) is 6.18. The Bertz CT molecular complexity index is 1200. The van der Waals surface area contributed by atoms with Gasteiger partial charge in [-0.2, -0.15) is 13.2 Å². The molecule has 164 valence electrons. The first-order valence-corrected chi connectivity index (χ1v) is 12.4. The van der Waals surface area contributed by atoms with Gasteiger partial charge in [0.2, 0.25) is 0 Å². The quantitative estimate of drug-likeness (QED) is 0.425. The van der Waals surface area contributed by atoms with Crippen LogP contribution in [0.3, 0.4) is 0 Å². The second kappa shape index (κ2) is 8.44. The zero-order valence-electron chi connectivity index (χ0n) is 15.8. The fraction of sp³-hybridized carbons (Fsp3) is 0.250. The number of sulfonamides is 1. The molecule has 4 rings (SSSR count). The van der Waals surface area contributed by atoms with Crippen LogP contribution in [0.2, 0.25) is 0 Å². The van der Waals surface area contributed by atoms with Crippen molar-refractivity contribution in [2.24, 2.45) is 0 Å². The molecule has 1 aromatic heterocycles. The number of thiazole rings is 1. The minimum absolute atomic E-state index is 0.123. The van der Waals surface area contributed by atoms with Crippen molar-refractivity contribution in [3.8, 4) is 5.75 Å². The van der Waals surface area contributed by atoms with Gasteiger partial charge in [0.15, 0.2) is 5.13 Å². The fourth-order valence-electron chi connectivity index (χ4n) is 3.41. The summed E-state index contributed by atoms with van der Waals surface area (Å²) in [5, 5.41) is 1.96. The molecule has 0 bridgehead atoms. The largest absolute Gasteiger partial charge is 0.485 e. The number of aryl methyl sites for hydroxylation is 1. The number of ether oxygens (including phenoxy) is 1. The smallest absolute Gasteiger partial charge is 0.416 e. The van der Waals surface area contributed by atoms with Gasteiger partial charge in [-0.25, -0.2) is 13.4 Å². The van der Waals surface area contributed by atoms with Crippen molar-refractivity contribution in [2.75, 3.05) is 4.72 Å². The molecule has 1 aliphatic rings. The average molecular weight is 533 g/mol. The topological polar surface area (TPSA) is 68.3 Å². The number of alkyl halides is 3. The maximum Gasteiger partial charge on any atom is 0.416 e. The summed E-state index contributed by atoms with van der Waals surface area (Å²) in [6, 6.07) is 8.06.